The molecule has 1 unspecified atom stereocenters. The molecule has 0 aliphatic carbocycles. The highest BCUT2D eigenvalue weighted by atomic mass is 16.2. The normalized spacial score (nSPS) is 17.3. The van der Waals surface area contributed by atoms with Gasteiger partial charge in [-0.25, -0.2) is 9.78 Å². The lowest BCUT2D eigenvalue weighted by molar-refractivity contribution is 0.201. The number of aliphatic imine (C=N–C) groups is 1. The molecule has 6 heteroatoms. The number of aryl methyl sites for hydroxylation is 1. The highest BCUT2D eigenvalue weighted by Crippen LogP contribution is 2.28. The van der Waals surface area contributed by atoms with E-state index in [-0.39, 0.29) is 18.1 Å². The number of amidine groups is 1. The number of imidazole rings is 1. The lowest BCUT2D eigenvalue weighted by atomic mass is 9.99. The standard InChI is InChI=1S/C26H31N5O/c1-2-3-15-23-25(29-26(32)31(23)18-10-17-30-19-16-27-20-30)28-24(21-11-6-4-7-12-21)22-13-8-5-9-14-22/h4-9,11-14,16,19-20,23-24H,2-3,10,15,17-18H2,1H3,(H,28,29,32). The number of hydrogen-bond donors (Lipinski definition) is 1. The van der Waals surface area contributed by atoms with Crippen molar-refractivity contribution in [1.82, 2.24) is 19.8 Å². The number of urea groups is 1. The smallest absolute Gasteiger partial charge is 0.323 e. The van der Waals surface area contributed by atoms with Gasteiger partial charge < -0.3 is 9.47 Å². The van der Waals surface area contributed by atoms with Gasteiger partial charge >= 0.3 is 6.03 Å². The van der Waals surface area contributed by atoms with E-state index in [0.29, 0.717) is 6.54 Å². The van der Waals surface area contributed by atoms with Crippen LogP contribution < -0.4 is 5.32 Å². The summed E-state index contributed by atoms with van der Waals surface area (Å²) in [5.74, 6) is 0.781. The molecule has 2 aromatic carbocycles. The molecule has 32 heavy (non-hydrogen) atoms. The van der Waals surface area contributed by atoms with Crippen LogP contribution in [0, 0.1) is 0 Å². The monoisotopic (exact) mass is 429 g/mol. The van der Waals surface area contributed by atoms with Crippen LogP contribution in [0.25, 0.3) is 0 Å². The van der Waals surface area contributed by atoms with E-state index in [2.05, 4.69) is 41.5 Å². The maximum Gasteiger partial charge on any atom is 0.323 e. The number of carbonyl (C=O) groups excluding carboxylic acids is 1. The summed E-state index contributed by atoms with van der Waals surface area (Å²) < 4.78 is 2.05. The van der Waals surface area contributed by atoms with E-state index in [0.717, 1.165) is 49.2 Å². The van der Waals surface area contributed by atoms with Crippen LogP contribution in [0.15, 0.2) is 84.4 Å². The molecule has 4 rings (SSSR count). The van der Waals surface area contributed by atoms with E-state index in [1.54, 1.807) is 6.20 Å². The van der Waals surface area contributed by atoms with Gasteiger partial charge in [-0.05, 0) is 24.0 Å². The molecule has 0 radical (unpaired) electrons. The maximum atomic E-state index is 12.9. The third kappa shape index (κ3) is 5.25. The first-order valence-corrected chi connectivity index (χ1v) is 11.5. The molecule has 1 fully saturated rings. The largest absolute Gasteiger partial charge is 0.337 e. The number of rotatable bonds is 10. The van der Waals surface area contributed by atoms with Crippen molar-refractivity contribution in [3.8, 4) is 0 Å². The number of benzene rings is 2. The number of amides is 2. The van der Waals surface area contributed by atoms with Crippen LogP contribution >= 0.6 is 0 Å². The molecule has 1 N–H and O–H groups in total. The Morgan fingerprint density at radius 2 is 1.69 bits per heavy atom. The Hall–Kier alpha value is -3.41. The number of carbonyl (C=O) groups is 1. The second-order valence-corrected chi connectivity index (χ2v) is 8.17. The van der Waals surface area contributed by atoms with Crippen molar-refractivity contribution in [2.45, 2.75) is 51.2 Å². The van der Waals surface area contributed by atoms with Crippen molar-refractivity contribution in [3.63, 3.8) is 0 Å². The van der Waals surface area contributed by atoms with Crippen LogP contribution in [0.2, 0.25) is 0 Å². The Morgan fingerprint density at radius 3 is 2.28 bits per heavy atom. The second kappa shape index (κ2) is 10.8. The highest BCUT2D eigenvalue weighted by molar-refractivity contribution is 6.07. The topological polar surface area (TPSA) is 62.5 Å². The fourth-order valence-electron chi connectivity index (χ4n) is 4.21. The van der Waals surface area contributed by atoms with Crippen molar-refractivity contribution in [3.05, 3.63) is 90.5 Å². The summed E-state index contributed by atoms with van der Waals surface area (Å²) in [6.07, 6.45) is 9.48. The predicted molar refractivity (Wildman–Crippen MR) is 128 cm³/mol. The van der Waals surface area contributed by atoms with E-state index >= 15 is 0 Å². The average Bonchev–Trinajstić information content (AvgIpc) is 3.45. The summed E-state index contributed by atoms with van der Waals surface area (Å²) >= 11 is 0. The molecule has 2 amide bonds. The van der Waals surface area contributed by atoms with Crippen molar-refractivity contribution in [1.29, 1.82) is 0 Å². The fraction of sp³-hybridized carbons (Fsp3) is 0.346. The first-order chi connectivity index (χ1) is 15.8. The SMILES string of the molecule is CCCCC1/C(=N\C(c2ccccc2)c2ccccc2)NC(=O)N1CCCn1ccnc1. The lowest BCUT2D eigenvalue weighted by Gasteiger charge is -2.24. The highest BCUT2D eigenvalue weighted by Gasteiger charge is 2.36. The summed E-state index contributed by atoms with van der Waals surface area (Å²) in [5, 5.41) is 3.09. The third-order valence-electron chi connectivity index (χ3n) is 5.89. The quantitative estimate of drug-likeness (QED) is 0.490. The Morgan fingerprint density at radius 1 is 1.00 bits per heavy atom. The molecule has 6 nitrogen and oxygen atoms in total. The zero-order chi connectivity index (χ0) is 22.2. The van der Waals surface area contributed by atoms with Gasteiger partial charge in [0, 0.05) is 25.5 Å². The molecule has 0 bridgehead atoms. The van der Waals surface area contributed by atoms with Crippen LogP contribution in [-0.4, -0.2) is 38.9 Å². The molecule has 1 aromatic heterocycles. The van der Waals surface area contributed by atoms with Crippen LogP contribution in [0.1, 0.15) is 49.8 Å². The van der Waals surface area contributed by atoms with E-state index in [9.17, 15) is 4.79 Å². The van der Waals surface area contributed by atoms with E-state index in [1.807, 2.05) is 58.4 Å². The number of aromatic nitrogens is 2. The molecular weight excluding hydrogens is 398 g/mol. The molecule has 3 aromatic rings. The minimum atomic E-state index is -0.150. The number of unbranched alkanes of at least 4 members (excludes halogenated alkanes) is 1. The predicted octanol–water partition coefficient (Wildman–Crippen LogP) is 5.05. The van der Waals surface area contributed by atoms with Gasteiger partial charge in [-0.3, -0.25) is 10.3 Å². The fourth-order valence-corrected chi connectivity index (χ4v) is 4.21. The maximum absolute atomic E-state index is 12.9. The minimum Gasteiger partial charge on any atom is -0.337 e. The number of nitrogens with one attached hydrogen (secondary N) is 1. The average molecular weight is 430 g/mol. The Bertz CT molecular complexity index is 962. The Kier molecular flexibility index (Phi) is 7.33. The van der Waals surface area contributed by atoms with Crippen LogP contribution in [0.5, 0.6) is 0 Å². The molecule has 2 heterocycles. The molecule has 0 spiro atoms. The molecule has 166 valence electrons. The summed E-state index contributed by atoms with van der Waals surface area (Å²) in [5.41, 5.74) is 2.24. The number of nitrogens with zero attached hydrogens (tertiary/aromatic N) is 4. The lowest BCUT2D eigenvalue weighted by Crippen LogP contribution is -2.36. The summed E-state index contributed by atoms with van der Waals surface area (Å²) in [7, 11) is 0. The van der Waals surface area contributed by atoms with Gasteiger partial charge in [-0.2, -0.15) is 0 Å². The molecule has 1 aliphatic heterocycles. The van der Waals surface area contributed by atoms with Crippen molar-refractivity contribution in [2.24, 2.45) is 4.99 Å². The van der Waals surface area contributed by atoms with Gasteiger partial charge in [-0.15, -0.1) is 0 Å². The molecular formula is C26H31N5O. The summed E-state index contributed by atoms with van der Waals surface area (Å²) in [6, 6.07) is 20.4. The third-order valence-corrected chi connectivity index (χ3v) is 5.89. The van der Waals surface area contributed by atoms with Gasteiger partial charge in [0.15, 0.2) is 0 Å². The van der Waals surface area contributed by atoms with Gasteiger partial charge in [0.25, 0.3) is 0 Å². The summed E-state index contributed by atoms with van der Waals surface area (Å²) in [6.45, 7) is 3.72. The molecule has 1 atom stereocenters. The molecule has 0 saturated carbocycles. The van der Waals surface area contributed by atoms with Gasteiger partial charge in [-0.1, -0.05) is 80.4 Å². The van der Waals surface area contributed by atoms with Crippen molar-refractivity contribution < 1.29 is 4.79 Å². The zero-order valence-corrected chi connectivity index (χ0v) is 18.6. The van der Waals surface area contributed by atoms with Crippen molar-refractivity contribution >= 4 is 11.9 Å². The Labute approximate surface area is 190 Å². The zero-order valence-electron chi connectivity index (χ0n) is 18.6. The van der Waals surface area contributed by atoms with Gasteiger partial charge in [0.1, 0.15) is 11.9 Å². The van der Waals surface area contributed by atoms with Gasteiger partial charge in [0.05, 0.1) is 12.4 Å². The van der Waals surface area contributed by atoms with Crippen molar-refractivity contribution in [2.75, 3.05) is 6.54 Å². The first-order valence-electron chi connectivity index (χ1n) is 11.5. The first kappa shape index (κ1) is 21.8. The second-order valence-electron chi connectivity index (χ2n) is 8.17. The van der Waals surface area contributed by atoms with Gasteiger partial charge in [0.2, 0.25) is 0 Å². The van der Waals surface area contributed by atoms with Crippen LogP contribution in [0.3, 0.4) is 0 Å². The summed E-state index contributed by atoms with van der Waals surface area (Å²) in [4.78, 5) is 24.1. The Balaban J connectivity index is 1.59. The van der Waals surface area contributed by atoms with E-state index < -0.39 is 0 Å². The molecule has 1 aliphatic rings. The van der Waals surface area contributed by atoms with Crippen LogP contribution in [-0.2, 0) is 6.54 Å². The minimum absolute atomic E-state index is 0.0137. The van der Waals surface area contributed by atoms with Crippen LogP contribution in [0.4, 0.5) is 4.79 Å². The van der Waals surface area contributed by atoms with E-state index in [1.165, 1.54) is 0 Å². The number of hydrogen-bond acceptors (Lipinski definition) is 3. The molecule has 1 saturated heterocycles. The van der Waals surface area contributed by atoms with E-state index in [4.69, 9.17) is 4.99 Å².